The molecule has 3 aromatic rings. The van der Waals surface area contributed by atoms with Crippen LogP contribution < -0.4 is 4.90 Å². The Labute approximate surface area is 218 Å². The summed E-state index contributed by atoms with van der Waals surface area (Å²) in [5, 5.41) is 9.91. The van der Waals surface area contributed by atoms with E-state index in [1.165, 1.54) is 33.9 Å². The molecule has 0 N–H and O–H groups in total. The van der Waals surface area contributed by atoms with Gasteiger partial charge < -0.3 is 4.74 Å². The zero-order valence-electron chi connectivity index (χ0n) is 22.2. The molecule has 1 amide bonds. The van der Waals surface area contributed by atoms with Crippen molar-refractivity contribution in [2.24, 2.45) is 0 Å². The zero-order chi connectivity index (χ0) is 26.5. The summed E-state index contributed by atoms with van der Waals surface area (Å²) in [6.07, 6.45) is 3.29. The second-order valence-electron chi connectivity index (χ2n) is 10.0. The summed E-state index contributed by atoms with van der Waals surface area (Å²) in [6, 6.07) is 10.3. The molecule has 0 aliphatic heterocycles. The van der Waals surface area contributed by atoms with Crippen LogP contribution in [0.3, 0.4) is 0 Å². The number of hydrogen-bond acceptors (Lipinski definition) is 5. The minimum Gasteiger partial charge on any atom is -0.493 e. The van der Waals surface area contributed by atoms with Crippen molar-refractivity contribution < 1.29 is 13.9 Å². The van der Waals surface area contributed by atoms with Crippen molar-refractivity contribution in [3.63, 3.8) is 0 Å². The number of amides is 1. The monoisotopic (exact) mass is 509 g/mol. The van der Waals surface area contributed by atoms with Crippen molar-refractivity contribution >= 4 is 22.4 Å². The highest BCUT2D eigenvalue weighted by Gasteiger charge is 2.24. The number of allylic oxidation sites excluding steroid dienone is 1. The highest BCUT2D eigenvalue weighted by atomic mass is 32.1. The summed E-state index contributed by atoms with van der Waals surface area (Å²) in [7, 11) is 0. The van der Waals surface area contributed by atoms with Crippen molar-refractivity contribution in [2.75, 3.05) is 11.4 Å². The standard InChI is InChI=1S/C29H36FN3O2S/c1-8-9-16-33(27(34)24-12-10-11-13-25(24)30)28-32-31-26(36-28)22-17-19(2)23(20(3)18-22)15-14-21(4)35-29(5,6)7/h10-13,17-18H,4,8-9,14-16H2,1-3,5-7H3. The third kappa shape index (κ3) is 7.00. The quantitative estimate of drug-likeness (QED) is 0.263. The van der Waals surface area contributed by atoms with Crippen LogP contribution >= 0.6 is 11.3 Å². The number of anilines is 1. The second kappa shape index (κ2) is 11.8. The molecule has 2 aromatic carbocycles. The first-order valence-electron chi connectivity index (χ1n) is 12.4. The highest BCUT2D eigenvalue weighted by Crippen LogP contribution is 2.33. The van der Waals surface area contributed by atoms with E-state index in [-0.39, 0.29) is 11.2 Å². The number of ether oxygens (including phenoxy) is 1. The maximum atomic E-state index is 14.3. The zero-order valence-corrected chi connectivity index (χ0v) is 23.0. The van der Waals surface area contributed by atoms with Crippen LogP contribution in [0.1, 0.15) is 74.0 Å². The number of unbranched alkanes of at least 4 members (excludes halogenated alkanes) is 1. The van der Waals surface area contributed by atoms with Crippen LogP contribution in [-0.2, 0) is 11.2 Å². The van der Waals surface area contributed by atoms with Crippen LogP contribution in [-0.4, -0.2) is 28.3 Å². The molecule has 0 bridgehead atoms. The van der Waals surface area contributed by atoms with Crippen LogP contribution in [0, 0.1) is 19.7 Å². The average molecular weight is 510 g/mol. The lowest BCUT2D eigenvalue weighted by atomic mass is 9.95. The van der Waals surface area contributed by atoms with E-state index in [0.29, 0.717) is 11.7 Å². The molecule has 1 heterocycles. The number of benzene rings is 2. The molecule has 1 aromatic heterocycles. The fraction of sp³-hybridized carbons (Fsp3) is 0.414. The van der Waals surface area contributed by atoms with Gasteiger partial charge in [0, 0.05) is 18.5 Å². The van der Waals surface area contributed by atoms with E-state index in [9.17, 15) is 9.18 Å². The third-order valence-corrected chi connectivity index (χ3v) is 6.77. The molecule has 0 saturated carbocycles. The fourth-order valence-corrected chi connectivity index (χ4v) is 4.94. The van der Waals surface area contributed by atoms with Gasteiger partial charge >= 0.3 is 0 Å². The number of halogens is 1. The molecule has 3 rings (SSSR count). The molecule has 36 heavy (non-hydrogen) atoms. The maximum absolute atomic E-state index is 14.3. The number of aromatic nitrogens is 2. The first-order valence-corrected chi connectivity index (χ1v) is 13.2. The Morgan fingerprint density at radius 1 is 1.14 bits per heavy atom. The van der Waals surface area contributed by atoms with Crippen LogP contribution in [0.15, 0.2) is 48.7 Å². The Bertz CT molecular complexity index is 1210. The second-order valence-corrected chi connectivity index (χ2v) is 11.0. The summed E-state index contributed by atoms with van der Waals surface area (Å²) in [5.74, 6) is -0.151. The fourth-order valence-electron chi connectivity index (χ4n) is 4.08. The van der Waals surface area contributed by atoms with Gasteiger partial charge in [0.25, 0.3) is 5.91 Å². The number of hydrogen-bond donors (Lipinski definition) is 0. The lowest BCUT2D eigenvalue weighted by Gasteiger charge is -2.23. The number of carbonyl (C=O) groups is 1. The van der Waals surface area contributed by atoms with Gasteiger partial charge in [0.05, 0.1) is 11.3 Å². The smallest absolute Gasteiger partial charge is 0.263 e. The Morgan fingerprint density at radius 2 is 1.81 bits per heavy atom. The van der Waals surface area contributed by atoms with E-state index in [4.69, 9.17) is 4.74 Å². The predicted octanol–water partition coefficient (Wildman–Crippen LogP) is 7.67. The maximum Gasteiger partial charge on any atom is 0.263 e. The molecule has 0 aliphatic rings. The molecule has 0 aliphatic carbocycles. The van der Waals surface area contributed by atoms with Gasteiger partial charge in [0.2, 0.25) is 5.13 Å². The molecule has 0 fully saturated rings. The van der Waals surface area contributed by atoms with E-state index in [1.54, 1.807) is 12.1 Å². The molecule has 0 unspecified atom stereocenters. The molecule has 0 spiro atoms. The Morgan fingerprint density at radius 3 is 2.42 bits per heavy atom. The van der Waals surface area contributed by atoms with E-state index in [1.807, 2.05) is 20.8 Å². The molecular formula is C29H36FN3O2S. The predicted molar refractivity (Wildman–Crippen MR) is 146 cm³/mol. The summed E-state index contributed by atoms with van der Waals surface area (Å²) in [6.45, 7) is 16.8. The van der Waals surface area contributed by atoms with Gasteiger partial charge in [-0.25, -0.2) is 4.39 Å². The Balaban J connectivity index is 1.83. The van der Waals surface area contributed by atoms with E-state index >= 15 is 0 Å². The van der Waals surface area contributed by atoms with Gasteiger partial charge in [-0.3, -0.25) is 9.69 Å². The number of carbonyl (C=O) groups excluding carboxylic acids is 1. The normalized spacial score (nSPS) is 11.4. The minimum atomic E-state index is -0.536. The first-order chi connectivity index (χ1) is 17.0. The van der Waals surface area contributed by atoms with Crippen LogP contribution in [0.5, 0.6) is 0 Å². The Kier molecular flexibility index (Phi) is 9.01. The van der Waals surface area contributed by atoms with Crippen LogP contribution in [0.2, 0.25) is 0 Å². The molecule has 0 saturated heterocycles. The highest BCUT2D eigenvalue weighted by molar-refractivity contribution is 7.18. The van der Waals surface area contributed by atoms with Gasteiger partial charge in [-0.05, 0) is 88.4 Å². The van der Waals surface area contributed by atoms with Crippen molar-refractivity contribution in [1.29, 1.82) is 0 Å². The molecule has 0 radical (unpaired) electrons. The van der Waals surface area contributed by atoms with Crippen LogP contribution in [0.25, 0.3) is 10.6 Å². The Hall–Kier alpha value is -3.06. The van der Waals surface area contributed by atoms with Gasteiger partial charge in [0.15, 0.2) is 0 Å². The van der Waals surface area contributed by atoms with Crippen molar-refractivity contribution in [2.45, 2.75) is 72.8 Å². The van der Waals surface area contributed by atoms with Crippen molar-refractivity contribution in [1.82, 2.24) is 10.2 Å². The first kappa shape index (κ1) is 27.5. The molecule has 192 valence electrons. The summed E-state index contributed by atoms with van der Waals surface area (Å²) in [5.41, 5.74) is 4.33. The molecule has 5 nitrogen and oxygen atoms in total. The van der Waals surface area contributed by atoms with E-state index in [2.05, 4.69) is 49.7 Å². The summed E-state index contributed by atoms with van der Waals surface area (Å²) in [4.78, 5) is 14.7. The molecule has 0 atom stereocenters. The summed E-state index contributed by atoms with van der Waals surface area (Å²) >= 11 is 1.35. The lowest BCUT2D eigenvalue weighted by molar-refractivity contribution is 0.0479. The van der Waals surface area contributed by atoms with Gasteiger partial charge in [-0.2, -0.15) is 0 Å². The van der Waals surface area contributed by atoms with Crippen molar-refractivity contribution in [3.8, 4) is 10.6 Å². The van der Waals surface area contributed by atoms with Crippen molar-refractivity contribution in [3.05, 3.63) is 76.8 Å². The number of aryl methyl sites for hydroxylation is 2. The average Bonchev–Trinajstić information content (AvgIpc) is 3.27. The lowest BCUT2D eigenvalue weighted by Crippen LogP contribution is -2.32. The van der Waals surface area contributed by atoms with Crippen LogP contribution in [0.4, 0.5) is 9.52 Å². The topological polar surface area (TPSA) is 55.3 Å². The largest absolute Gasteiger partial charge is 0.493 e. The van der Waals surface area contributed by atoms with Gasteiger partial charge in [0.1, 0.15) is 16.4 Å². The van der Waals surface area contributed by atoms with E-state index in [0.717, 1.165) is 53.1 Å². The third-order valence-electron chi connectivity index (χ3n) is 5.78. The summed E-state index contributed by atoms with van der Waals surface area (Å²) < 4.78 is 20.2. The SMILES string of the molecule is C=C(CCc1c(C)cc(-c2nnc(N(CCCC)C(=O)c3ccccc3F)s2)cc1C)OC(C)(C)C. The number of nitrogens with zero attached hydrogens (tertiary/aromatic N) is 3. The number of rotatable bonds is 10. The van der Waals surface area contributed by atoms with Gasteiger partial charge in [-0.1, -0.05) is 43.4 Å². The molecular weight excluding hydrogens is 473 g/mol. The van der Waals surface area contributed by atoms with E-state index < -0.39 is 11.7 Å². The van der Waals surface area contributed by atoms with Gasteiger partial charge in [-0.15, -0.1) is 10.2 Å². The minimum absolute atomic E-state index is 0.0402. The molecule has 7 heteroatoms.